The van der Waals surface area contributed by atoms with Crippen molar-refractivity contribution in [2.24, 2.45) is 5.92 Å². The molecular weight excluding hydrogens is 337 g/mol. The first-order valence-electron chi connectivity index (χ1n) is 7.63. The average molecular weight is 357 g/mol. The first-order chi connectivity index (χ1) is 11.5. The summed E-state index contributed by atoms with van der Waals surface area (Å²) in [5.41, 5.74) is 6.80. The van der Waals surface area contributed by atoms with Crippen LogP contribution in [0.4, 0.5) is 5.95 Å². The second-order valence-corrected chi connectivity index (χ2v) is 6.40. The van der Waals surface area contributed by atoms with Gasteiger partial charge in [-0.15, -0.1) is 0 Å². The quantitative estimate of drug-likeness (QED) is 0.729. The van der Waals surface area contributed by atoms with Crippen LogP contribution in [-0.4, -0.2) is 43.7 Å². The van der Waals surface area contributed by atoms with Crippen molar-refractivity contribution >= 4 is 25.4 Å². The van der Waals surface area contributed by atoms with E-state index in [0.29, 0.717) is 30.1 Å². The number of nitrogens with two attached hydrogens (primary N) is 1. The molecule has 0 amide bonds. The third-order valence-corrected chi connectivity index (χ3v) is 4.22. The summed E-state index contributed by atoms with van der Waals surface area (Å²) < 4.78 is 28.7. The van der Waals surface area contributed by atoms with E-state index in [1.807, 2.05) is 13.8 Å². The Labute approximate surface area is 138 Å². The fraction of sp³-hybridized carbons (Fsp3) is 0.615. The minimum absolute atomic E-state index is 0.0725. The van der Waals surface area contributed by atoms with Gasteiger partial charge in [0.2, 0.25) is 11.8 Å². The molecule has 3 heterocycles. The lowest BCUT2D eigenvalue weighted by atomic mass is 10.1. The first-order valence-corrected chi connectivity index (χ1v) is 8.90. The van der Waals surface area contributed by atoms with Crippen LogP contribution in [0.1, 0.15) is 26.5 Å². The Balaban J connectivity index is 1.88. The van der Waals surface area contributed by atoms with E-state index in [2.05, 4.69) is 15.0 Å². The maximum atomic E-state index is 10.7. The molecule has 10 nitrogen and oxygen atoms in total. The zero-order valence-corrected chi connectivity index (χ0v) is 14.4. The molecule has 1 fully saturated rings. The highest BCUT2D eigenvalue weighted by molar-refractivity contribution is 7.32. The van der Waals surface area contributed by atoms with Crippen molar-refractivity contribution in [1.82, 2.24) is 19.5 Å². The standard InChI is InChI=1S/C13H20N5O5P/c1-3-21-11-9-10(16-13(14)17-11)18(6-15-9)12-7(2)4-8(23-12)5-22-24(19)20/h6-8,12,24H,3-5H2,1-2H3,(H,19,20)(H2,14,16,17)/t7-,8-,12+/m0/s1. The minimum atomic E-state index is -2.96. The number of hydrogen-bond donors (Lipinski definition) is 2. The van der Waals surface area contributed by atoms with Crippen LogP contribution >= 0.6 is 8.25 Å². The van der Waals surface area contributed by atoms with Crippen molar-refractivity contribution in [2.75, 3.05) is 18.9 Å². The first kappa shape index (κ1) is 17.1. The van der Waals surface area contributed by atoms with Crippen LogP contribution in [0.5, 0.6) is 5.88 Å². The number of aromatic nitrogens is 4. The van der Waals surface area contributed by atoms with Crippen molar-refractivity contribution in [2.45, 2.75) is 32.6 Å². The Kier molecular flexibility index (Phi) is 5.00. The highest BCUT2D eigenvalue weighted by Gasteiger charge is 2.35. The fourth-order valence-corrected chi connectivity index (χ4v) is 3.19. The van der Waals surface area contributed by atoms with Gasteiger partial charge in [-0.3, -0.25) is 9.13 Å². The Morgan fingerprint density at radius 1 is 1.54 bits per heavy atom. The number of anilines is 1. The van der Waals surface area contributed by atoms with Gasteiger partial charge in [0.25, 0.3) is 0 Å². The van der Waals surface area contributed by atoms with Crippen LogP contribution in [0.25, 0.3) is 11.2 Å². The highest BCUT2D eigenvalue weighted by Crippen LogP contribution is 2.37. The van der Waals surface area contributed by atoms with Gasteiger partial charge >= 0.3 is 8.25 Å². The third-order valence-electron chi connectivity index (χ3n) is 3.81. The molecule has 3 rings (SSSR count). The van der Waals surface area contributed by atoms with E-state index in [9.17, 15) is 4.57 Å². The molecule has 2 aromatic heterocycles. The predicted octanol–water partition coefficient (Wildman–Crippen LogP) is 1.13. The molecule has 3 N–H and O–H groups in total. The summed E-state index contributed by atoms with van der Waals surface area (Å²) >= 11 is 0. The molecule has 11 heteroatoms. The minimum Gasteiger partial charge on any atom is -0.476 e. The number of ether oxygens (including phenoxy) is 2. The van der Waals surface area contributed by atoms with Crippen molar-refractivity contribution < 1.29 is 23.5 Å². The molecule has 1 saturated heterocycles. The van der Waals surface area contributed by atoms with Gasteiger partial charge < -0.3 is 24.6 Å². The van der Waals surface area contributed by atoms with Gasteiger partial charge in [0.05, 0.1) is 25.6 Å². The van der Waals surface area contributed by atoms with Gasteiger partial charge in [-0.1, -0.05) is 6.92 Å². The summed E-state index contributed by atoms with van der Waals surface area (Å²) in [5, 5.41) is 0. The molecule has 4 atom stereocenters. The van der Waals surface area contributed by atoms with Gasteiger partial charge in [-0.05, 0) is 13.3 Å². The molecule has 24 heavy (non-hydrogen) atoms. The lowest BCUT2D eigenvalue weighted by molar-refractivity contribution is -0.0254. The maximum Gasteiger partial charge on any atom is 0.316 e. The van der Waals surface area contributed by atoms with Crippen molar-refractivity contribution in [3.63, 3.8) is 0 Å². The van der Waals surface area contributed by atoms with Gasteiger partial charge in [0.15, 0.2) is 11.2 Å². The molecule has 0 saturated carbocycles. The number of imidazole rings is 1. The Morgan fingerprint density at radius 3 is 3.04 bits per heavy atom. The average Bonchev–Trinajstić information content (AvgIpc) is 3.08. The molecule has 0 bridgehead atoms. The molecule has 0 radical (unpaired) electrons. The van der Waals surface area contributed by atoms with E-state index in [-0.39, 0.29) is 30.8 Å². The smallest absolute Gasteiger partial charge is 0.316 e. The van der Waals surface area contributed by atoms with Gasteiger partial charge in [-0.2, -0.15) is 9.97 Å². The summed E-state index contributed by atoms with van der Waals surface area (Å²) in [6, 6.07) is 0. The van der Waals surface area contributed by atoms with Gasteiger partial charge in [-0.25, -0.2) is 4.98 Å². The SMILES string of the molecule is CCOc1nc(N)nc2c1ncn2[C@@H]1O[C@H](CO[PH](=O)O)C[C@@H]1C. The maximum absolute atomic E-state index is 10.7. The normalized spacial score (nSPS) is 25.2. The molecule has 1 aliphatic rings. The van der Waals surface area contributed by atoms with Crippen LogP contribution in [0.3, 0.4) is 0 Å². The molecular formula is C13H20N5O5P. The monoisotopic (exact) mass is 357 g/mol. The van der Waals surface area contributed by atoms with E-state index in [4.69, 9.17) is 24.6 Å². The number of nitrogen functional groups attached to an aromatic ring is 1. The zero-order valence-electron chi connectivity index (χ0n) is 13.4. The summed E-state index contributed by atoms with van der Waals surface area (Å²) in [7, 11) is -2.96. The lowest BCUT2D eigenvalue weighted by Crippen LogP contribution is -2.16. The third kappa shape index (κ3) is 3.36. The van der Waals surface area contributed by atoms with Crippen LogP contribution in [-0.2, 0) is 13.8 Å². The predicted molar refractivity (Wildman–Crippen MR) is 85.8 cm³/mol. The van der Waals surface area contributed by atoms with Crippen LogP contribution < -0.4 is 10.5 Å². The zero-order chi connectivity index (χ0) is 17.3. The second-order valence-electron chi connectivity index (χ2n) is 5.58. The number of nitrogens with zero attached hydrogens (tertiary/aromatic N) is 4. The van der Waals surface area contributed by atoms with E-state index in [0.717, 1.165) is 0 Å². The van der Waals surface area contributed by atoms with Gasteiger partial charge in [0.1, 0.15) is 6.23 Å². The van der Waals surface area contributed by atoms with Gasteiger partial charge in [0, 0.05) is 5.92 Å². The van der Waals surface area contributed by atoms with Crippen LogP contribution in [0.15, 0.2) is 6.33 Å². The molecule has 0 aromatic carbocycles. The molecule has 0 spiro atoms. The summed E-state index contributed by atoms with van der Waals surface area (Å²) in [6.07, 6.45) is 1.71. The van der Waals surface area contributed by atoms with E-state index >= 15 is 0 Å². The van der Waals surface area contributed by atoms with E-state index < -0.39 is 8.25 Å². The highest BCUT2D eigenvalue weighted by atomic mass is 31.1. The second kappa shape index (κ2) is 7.02. The number of rotatable bonds is 6. The van der Waals surface area contributed by atoms with Crippen LogP contribution in [0, 0.1) is 5.92 Å². The summed E-state index contributed by atoms with van der Waals surface area (Å²) in [4.78, 5) is 21.4. The molecule has 0 aliphatic carbocycles. The van der Waals surface area contributed by atoms with Crippen LogP contribution in [0.2, 0.25) is 0 Å². The lowest BCUT2D eigenvalue weighted by Gasteiger charge is -2.17. The van der Waals surface area contributed by atoms with Crippen molar-refractivity contribution in [3.8, 4) is 5.88 Å². The van der Waals surface area contributed by atoms with Crippen molar-refractivity contribution in [1.29, 1.82) is 0 Å². The number of hydrogen-bond acceptors (Lipinski definition) is 8. The Bertz CT molecular complexity index is 754. The fourth-order valence-electron chi connectivity index (χ4n) is 2.86. The Morgan fingerprint density at radius 2 is 2.33 bits per heavy atom. The molecule has 2 aromatic rings. The Hall–Kier alpha value is -1.74. The van der Waals surface area contributed by atoms with E-state index in [1.54, 1.807) is 10.9 Å². The van der Waals surface area contributed by atoms with E-state index in [1.165, 1.54) is 0 Å². The number of fused-ring (bicyclic) bond motifs is 1. The topological polar surface area (TPSA) is 135 Å². The summed E-state index contributed by atoms with van der Waals surface area (Å²) in [6.45, 7) is 4.38. The largest absolute Gasteiger partial charge is 0.476 e. The molecule has 1 aliphatic heterocycles. The van der Waals surface area contributed by atoms with Crippen molar-refractivity contribution in [3.05, 3.63) is 6.33 Å². The molecule has 1 unspecified atom stereocenters. The molecule has 132 valence electrons. The summed E-state index contributed by atoms with van der Waals surface area (Å²) in [5.74, 6) is 0.573.